The first-order valence-electron chi connectivity index (χ1n) is 8.36. The Morgan fingerprint density at radius 3 is 2.74 bits per heavy atom. The highest BCUT2D eigenvalue weighted by Crippen LogP contribution is 2.27. The normalized spacial score (nSPS) is 10.9. The number of fused-ring (bicyclic) bond motifs is 1. The van der Waals surface area contributed by atoms with Crippen LogP contribution in [0.2, 0.25) is 0 Å². The van der Waals surface area contributed by atoms with Gasteiger partial charge in [-0.15, -0.1) is 0 Å². The molecule has 0 spiro atoms. The Balaban J connectivity index is 1.74. The van der Waals surface area contributed by atoms with E-state index in [1.807, 2.05) is 49.6 Å². The van der Waals surface area contributed by atoms with Crippen LogP contribution in [0.15, 0.2) is 65.7 Å². The maximum atomic E-state index is 12.9. The second-order valence-corrected chi connectivity index (χ2v) is 7.07. The highest BCUT2D eigenvalue weighted by molar-refractivity contribution is 9.10. The number of benzene rings is 1. The van der Waals surface area contributed by atoms with Gasteiger partial charge in [0.05, 0.1) is 23.0 Å². The summed E-state index contributed by atoms with van der Waals surface area (Å²) >= 11 is 3.48. The van der Waals surface area contributed by atoms with Crippen molar-refractivity contribution in [1.82, 2.24) is 25.1 Å². The van der Waals surface area contributed by atoms with E-state index >= 15 is 0 Å². The van der Waals surface area contributed by atoms with Gasteiger partial charge in [-0.05, 0) is 36.4 Å². The fraction of sp³-hybridized carbons (Fsp3) is 0.100. The molecule has 1 amide bonds. The number of carbonyl (C=O) groups excluding carboxylic acids is 1. The number of aromatic nitrogens is 4. The minimum atomic E-state index is -0.153. The number of amides is 1. The van der Waals surface area contributed by atoms with E-state index in [4.69, 9.17) is 4.98 Å². The van der Waals surface area contributed by atoms with Crippen molar-refractivity contribution in [3.05, 3.63) is 76.8 Å². The first kappa shape index (κ1) is 17.4. The Morgan fingerprint density at radius 1 is 1.19 bits per heavy atom. The van der Waals surface area contributed by atoms with Gasteiger partial charge < -0.3 is 5.32 Å². The molecule has 0 aliphatic carbocycles. The van der Waals surface area contributed by atoms with E-state index in [9.17, 15) is 4.79 Å². The summed E-state index contributed by atoms with van der Waals surface area (Å²) in [6.45, 7) is 0.412. The molecule has 0 saturated carbocycles. The van der Waals surface area contributed by atoms with Gasteiger partial charge in [0.2, 0.25) is 0 Å². The second kappa shape index (κ2) is 7.28. The van der Waals surface area contributed by atoms with Gasteiger partial charge in [0.15, 0.2) is 0 Å². The van der Waals surface area contributed by atoms with Crippen LogP contribution in [-0.2, 0) is 13.6 Å². The summed E-state index contributed by atoms with van der Waals surface area (Å²) in [6, 6.07) is 11.3. The van der Waals surface area contributed by atoms with Crippen molar-refractivity contribution in [2.24, 2.45) is 7.05 Å². The molecule has 7 heteroatoms. The van der Waals surface area contributed by atoms with E-state index in [1.165, 1.54) is 0 Å². The monoisotopic (exact) mass is 421 g/mol. The summed E-state index contributed by atoms with van der Waals surface area (Å²) in [6.07, 6.45) is 7.05. The van der Waals surface area contributed by atoms with Crippen LogP contribution >= 0.6 is 15.9 Å². The van der Waals surface area contributed by atoms with Gasteiger partial charge in [-0.1, -0.05) is 15.9 Å². The SMILES string of the molecule is Cn1cc(CNC(=O)c2cc(-c3ccncc3)nc3ccc(Br)cc23)cn1. The van der Waals surface area contributed by atoms with Crippen LogP contribution in [0, 0.1) is 0 Å². The van der Waals surface area contributed by atoms with Crippen molar-refractivity contribution in [3.63, 3.8) is 0 Å². The lowest BCUT2D eigenvalue weighted by Crippen LogP contribution is -2.23. The molecule has 0 radical (unpaired) electrons. The highest BCUT2D eigenvalue weighted by atomic mass is 79.9. The molecular weight excluding hydrogens is 406 g/mol. The third-order valence-corrected chi connectivity index (χ3v) is 4.70. The van der Waals surface area contributed by atoms with Gasteiger partial charge in [0.1, 0.15) is 0 Å². The molecule has 1 N–H and O–H groups in total. The molecule has 0 aliphatic heterocycles. The van der Waals surface area contributed by atoms with Crippen molar-refractivity contribution in [3.8, 4) is 11.3 Å². The Bertz CT molecular complexity index is 1120. The molecule has 0 unspecified atom stereocenters. The van der Waals surface area contributed by atoms with Crippen LogP contribution < -0.4 is 5.32 Å². The molecule has 0 atom stereocenters. The number of aryl methyl sites for hydroxylation is 1. The third kappa shape index (κ3) is 3.73. The predicted octanol–water partition coefficient (Wildman–Crippen LogP) is 3.72. The number of nitrogens with zero attached hydrogens (tertiary/aromatic N) is 4. The number of hydrogen-bond acceptors (Lipinski definition) is 4. The van der Waals surface area contributed by atoms with Gasteiger partial charge in [-0.2, -0.15) is 5.10 Å². The zero-order valence-corrected chi connectivity index (χ0v) is 16.1. The van der Waals surface area contributed by atoms with Gasteiger partial charge in [0, 0.05) is 53.2 Å². The molecule has 0 fully saturated rings. The summed E-state index contributed by atoms with van der Waals surface area (Å²) < 4.78 is 2.61. The first-order chi connectivity index (χ1) is 13.1. The molecule has 27 heavy (non-hydrogen) atoms. The maximum absolute atomic E-state index is 12.9. The largest absolute Gasteiger partial charge is 0.348 e. The highest BCUT2D eigenvalue weighted by Gasteiger charge is 2.14. The molecule has 6 nitrogen and oxygen atoms in total. The average molecular weight is 422 g/mol. The van der Waals surface area contributed by atoms with Gasteiger partial charge in [-0.3, -0.25) is 14.5 Å². The summed E-state index contributed by atoms with van der Waals surface area (Å²) in [5.74, 6) is -0.153. The van der Waals surface area contributed by atoms with E-state index in [0.717, 1.165) is 32.2 Å². The first-order valence-corrected chi connectivity index (χ1v) is 9.16. The lowest BCUT2D eigenvalue weighted by Gasteiger charge is -2.11. The third-order valence-electron chi connectivity index (χ3n) is 4.20. The van der Waals surface area contributed by atoms with Crippen molar-refractivity contribution >= 4 is 32.7 Å². The predicted molar refractivity (Wildman–Crippen MR) is 107 cm³/mol. The number of halogens is 1. The molecular formula is C20H16BrN5O. The Hall–Kier alpha value is -3.06. The van der Waals surface area contributed by atoms with Crippen LogP contribution in [0.25, 0.3) is 22.2 Å². The van der Waals surface area contributed by atoms with E-state index in [-0.39, 0.29) is 5.91 Å². The van der Waals surface area contributed by atoms with E-state index in [2.05, 4.69) is 31.3 Å². The number of carbonyl (C=O) groups is 1. The zero-order chi connectivity index (χ0) is 18.8. The lowest BCUT2D eigenvalue weighted by atomic mass is 10.0. The summed E-state index contributed by atoms with van der Waals surface area (Å²) in [4.78, 5) is 21.7. The molecule has 0 aliphatic rings. The topological polar surface area (TPSA) is 72.7 Å². The van der Waals surface area contributed by atoms with Crippen molar-refractivity contribution in [1.29, 1.82) is 0 Å². The van der Waals surface area contributed by atoms with Crippen LogP contribution in [0.3, 0.4) is 0 Å². The molecule has 0 bridgehead atoms. The molecule has 3 heterocycles. The summed E-state index contributed by atoms with van der Waals surface area (Å²) in [7, 11) is 1.85. The van der Waals surface area contributed by atoms with E-state index in [1.54, 1.807) is 23.3 Å². The van der Waals surface area contributed by atoms with Crippen molar-refractivity contribution in [2.45, 2.75) is 6.54 Å². The van der Waals surface area contributed by atoms with Crippen LogP contribution in [-0.4, -0.2) is 25.7 Å². The van der Waals surface area contributed by atoms with Gasteiger partial charge in [0.25, 0.3) is 5.91 Å². The van der Waals surface area contributed by atoms with Gasteiger partial charge >= 0.3 is 0 Å². The molecule has 1 aromatic carbocycles. The van der Waals surface area contributed by atoms with Gasteiger partial charge in [-0.25, -0.2) is 4.98 Å². The number of hydrogen-bond donors (Lipinski definition) is 1. The molecule has 3 aromatic heterocycles. The molecule has 0 saturated heterocycles. The van der Waals surface area contributed by atoms with E-state index < -0.39 is 0 Å². The fourth-order valence-corrected chi connectivity index (χ4v) is 3.26. The minimum absolute atomic E-state index is 0.153. The smallest absolute Gasteiger partial charge is 0.252 e. The average Bonchev–Trinajstić information content (AvgIpc) is 3.11. The minimum Gasteiger partial charge on any atom is -0.348 e. The Morgan fingerprint density at radius 2 is 2.00 bits per heavy atom. The standard InChI is InChI=1S/C20H16BrN5O/c1-26-12-13(11-24-26)10-23-20(27)17-9-19(14-4-6-22-7-5-14)25-18-3-2-15(21)8-16(17)18/h2-9,11-12H,10H2,1H3,(H,23,27). The Kier molecular flexibility index (Phi) is 4.68. The van der Waals surface area contributed by atoms with E-state index in [0.29, 0.717) is 12.1 Å². The Labute approximate surface area is 164 Å². The maximum Gasteiger partial charge on any atom is 0.252 e. The number of pyridine rings is 2. The fourth-order valence-electron chi connectivity index (χ4n) is 2.90. The van der Waals surface area contributed by atoms with Crippen LogP contribution in [0.4, 0.5) is 0 Å². The van der Waals surface area contributed by atoms with Crippen molar-refractivity contribution in [2.75, 3.05) is 0 Å². The van der Waals surface area contributed by atoms with Crippen LogP contribution in [0.5, 0.6) is 0 Å². The lowest BCUT2D eigenvalue weighted by molar-refractivity contribution is 0.0952. The summed E-state index contributed by atoms with van der Waals surface area (Å²) in [5, 5.41) is 7.89. The molecule has 4 aromatic rings. The van der Waals surface area contributed by atoms with Crippen LogP contribution in [0.1, 0.15) is 15.9 Å². The van der Waals surface area contributed by atoms with Crippen molar-refractivity contribution < 1.29 is 4.79 Å². The molecule has 134 valence electrons. The number of rotatable bonds is 4. The summed E-state index contributed by atoms with van der Waals surface area (Å²) in [5.41, 5.74) is 3.94. The molecule has 4 rings (SSSR count). The quantitative estimate of drug-likeness (QED) is 0.544. The second-order valence-electron chi connectivity index (χ2n) is 6.16. The number of nitrogens with one attached hydrogen (secondary N) is 1. The zero-order valence-electron chi connectivity index (χ0n) is 14.6.